The van der Waals surface area contributed by atoms with Crippen molar-refractivity contribution in [3.63, 3.8) is 0 Å². The Morgan fingerprint density at radius 1 is 0.280 bits per heavy atom. The van der Waals surface area contributed by atoms with E-state index in [2.05, 4.69) is 118 Å². The fourth-order valence-corrected chi connectivity index (χ4v) is 8.83. The summed E-state index contributed by atoms with van der Waals surface area (Å²) in [5.41, 5.74) is 0. The highest BCUT2D eigenvalue weighted by molar-refractivity contribution is 5.71. The van der Waals surface area contributed by atoms with Gasteiger partial charge < -0.3 is 14.2 Å². The number of allylic oxidation sites excluding steroid dienone is 16. The average molecular weight is 1040 g/mol. The molecule has 0 aliphatic carbocycles. The van der Waals surface area contributed by atoms with Gasteiger partial charge in [-0.05, 0) is 103 Å². The maximum absolute atomic E-state index is 12.9. The average Bonchev–Trinajstić information content (AvgIpc) is 3.41. The molecule has 0 radical (unpaired) electrons. The fourth-order valence-electron chi connectivity index (χ4n) is 8.83. The molecule has 6 heteroatoms. The van der Waals surface area contributed by atoms with Gasteiger partial charge in [0.1, 0.15) is 13.2 Å². The molecule has 0 rings (SSSR count). The van der Waals surface area contributed by atoms with Gasteiger partial charge in [0.2, 0.25) is 0 Å². The van der Waals surface area contributed by atoms with Crippen LogP contribution in [0.25, 0.3) is 0 Å². The van der Waals surface area contributed by atoms with Crippen LogP contribution >= 0.6 is 0 Å². The number of hydrogen-bond acceptors (Lipinski definition) is 6. The van der Waals surface area contributed by atoms with Crippen molar-refractivity contribution in [2.24, 2.45) is 0 Å². The highest BCUT2D eigenvalue weighted by Crippen LogP contribution is 2.16. The van der Waals surface area contributed by atoms with Gasteiger partial charge in [-0.15, -0.1) is 0 Å². The number of esters is 3. The Hall–Kier alpha value is -3.67. The molecule has 0 saturated heterocycles. The quantitative estimate of drug-likeness (QED) is 0.0261. The molecule has 0 bridgehead atoms. The molecule has 0 N–H and O–H groups in total. The first-order valence-corrected chi connectivity index (χ1v) is 31.7. The molecule has 0 aliphatic heterocycles. The molecule has 75 heavy (non-hydrogen) atoms. The van der Waals surface area contributed by atoms with Crippen LogP contribution < -0.4 is 0 Å². The van der Waals surface area contributed by atoms with Crippen molar-refractivity contribution in [3.8, 4) is 0 Å². The van der Waals surface area contributed by atoms with Gasteiger partial charge in [0.15, 0.2) is 6.10 Å². The molecule has 0 spiro atoms. The third-order valence-corrected chi connectivity index (χ3v) is 13.6. The molecular weight excluding hydrogens is 925 g/mol. The zero-order valence-electron chi connectivity index (χ0n) is 49.3. The summed E-state index contributed by atoms with van der Waals surface area (Å²) in [6, 6.07) is 0. The fraction of sp³-hybridized carbons (Fsp3) is 0.725. The lowest BCUT2D eigenvalue weighted by Gasteiger charge is -2.18. The summed E-state index contributed by atoms with van der Waals surface area (Å²) in [7, 11) is 0. The van der Waals surface area contributed by atoms with E-state index >= 15 is 0 Å². The van der Waals surface area contributed by atoms with Crippen molar-refractivity contribution >= 4 is 17.9 Å². The number of rotatable bonds is 57. The molecular formula is C69H118O6. The minimum Gasteiger partial charge on any atom is -0.462 e. The molecule has 0 heterocycles. The summed E-state index contributed by atoms with van der Waals surface area (Å²) in [5, 5.41) is 0. The Balaban J connectivity index is 4.27. The van der Waals surface area contributed by atoms with E-state index in [4.69, 9.17) is 14.2 Å². The minimum atomic E-state index is -0.783. The lowest BCUT2D eigenvalue weighted by Crippen LogP contribution is -2.30. The van der Waals surface area contributed by atoms with E-state index in [0.29, 0.717) is 19.3 Å². The zero-order valence-corrected chi connectivity index (χ0v) is 49.3. The summed E-state index contributed by atoms with van der Waals surface area (Å²) in [6.45, 7) is 6.52. The normalized spacial score (nSPS) is 12.7. The number of carbonyl (C=O) groups is 3. The van der Waals surface area contributed by atoms with Gasteiger partial charge in [-0.3, -0.25) is 14.4 Å². The largest absolute Gasteiger partial charge is 0.462 e. The van der Waals surface area contributed by atoms with Gasteiger partial charge in [-0.2, -0.15) is 0 Å². The van der Waals surface area contributed by atoms with Gasteiger partial charge in [0, 0.05) is 19.3 Å². The molecule has 1 atom stereocenters. The summed E-state index contributed by atoms with van der Waals surface area (Å²) >= 11 is 0. The monoisotopic (exact) mass is 1040 g/mol. The molecule has 0 fully saturated rings. The van der Waals surface area contributed by atoms with Crippen LogP contribution in [0.5, 0.6) is 0 Å². The first kappa shape index (κ1) is 71.3. The zero-order chi connectivity index (χ0) is 54.3. The molecule has 1 unspecified atom stereocenters. The van der Waals surface area contributed by atoms with Crippen LogP contribution in [0, 0.1) is 0 Å². The van der Waals surface area contributed by atoms with E-state index in [9.17, 15) is 14.4 Å². The molecule has 0 aromatic carbocycles. The second kappa shape index (κ2) is 62.9. The molecule has 0 aliphatic rings. The third-order valence-electron chi connectivity index (χ3n) is 13.6. The van der Waals surface area contributed by atoms with Gasteiger partial charge in [0.25, 0.3) is 0 Å². The van der Waals surface area contributed by atoms with Crippen LogP contribution in [0.1, 0.15) is 303 Å². The van der Waals surface area contributed by atoms with Crippen molar-refractivity contribution in [3.05, 3.63) is 97.2 Å². The molecule has 0 aromatic rings. The topological polar surface area (TPSA) is 78.9 Å². The van der Waals surface area contributed by atoms with Crippen molar-refractivity contribution in [1.82, 2.24) is 0 Å². The van der Waals surface area contributed by atoms with Crippen LogP contribution in [0.2, 0.25) is 0 Å². The third kappa shape index (κ3) is 61.1. The second-order valence-corrected chi connectivity index (χ2v) is 20.9. The lowest BCUT2D eigenvalue weighted by atomic mass is 10.1. The summed E-state index contributed by atoms with van der Waals surface area (Å²) in [5.74, 6) is -0.889. The molecule has 6 nitrogen and oxygen atoms in total. The van der Waals surface area contributed by atoms with Crippen LogP contribution in [-0.4, -0.2) is 37.2 Å². The minimum absolute atomic E-state index is 0.0802. The number of hydrogen-bond donors (Lipinski definition) is 0. The molecule has 0 aromatic heterocycles. The van der Waals surface area contributed by atoms with E-state index in [-0.39, 0.29) is 31.1 Å². The predicted molar refractivity (Wildman–Crippen MR) is 325 cm³/mol. The maximum Gasteiger partial charge on any atom is 0.306 e. The lowest BCUT2D eigenvalue weighted by molar-refractivity contribution is -0.167. The Bertz CT molecular complexity index is 1480. The van der Waals surface area contributed by atoms with Crippen LogP contribution in [0.3, 0.4) is 0 Å². The van der Waals surface area contributed by atoms with Crippen molar-refractivity contribution in [2.45, 2.75) is 309 Å². The van der Waals surface area contributed by atoms with Crippen LogP contribution in [0.15, 0.2) is 97.2 Å². The number of carbonyl (C=O) groups excluding carboxylic acids is 3. The van der Waals surface area contributed by atoms with E-state index in [1.807, 2.05) is 0 Å². The Kier molecular flexibility index (Phi) is 59.8. The van der Waals surface area contributed by atoms with E-state index < -0.39 is 6.10 Å². The first-order valence-electron chi connectivity index (χ1n) is 31.7. The van der Waals surface area contributed by atoms with E-state index in [0.717, 1.165) is 109 Å². The Morgan fingerprint density at radius 3 is 0.827 bits per heavy atom. The SMILES string of the molecule is CC/C=C\C/C=C\C/C=C\C/C=C\C/C=C\C/C=C\C/C=C\CCCCCCCCCC(=O)OCC(COC(=O)CCCCCCCCCCCC)OC(=O)CCCCCCCCC/C=C\CCCCCCCCC. The van der Waals surface area contributed by atoms with E-state index in [1.54, 1.807) is 0 Å². The highest BCUT2D eigenvalue weighted by Gasteiger charge is 2.19. The van der Waals surface area contributed by atoms with Gasteiger partial charge in [-0.1, -0.05) is 279 Å². The second-order valence-electron chi connectivity index (χ2n) is 20.9. The smallest absolute Gasteiger partial charge is 0.306 e. The van der Waals surface area contributed by atoms with Crippen LogP contribution in [0.4, 0.5) is 0 Å². The van der Waals surface area contributed by atoms with Gasteiger partial charge in [-0.25, -0.2) is 0 Å². The number of unbranched alkanes of at least 4 members (excludes halogenated alkanes) is 30. The Labute approximate surface area is 464 Å². The van der Waals surface area contributed by atoms with Gasteiger partial charge in [0.05, 0.1) is 0 Å². The van der Waals surface area contributed by atoms with Crippen molar-refractivity contribution in [1.29, 1.82) is 0 Å². The Morgan fingerprint density at radius 2 is 0.520 bits per heavy atom. The molecule has 0 saturated carbocycles. The summed E-state index contributed by atoms with van der Waals surface area (Å²) in [4.78, 5) is 38.2. The van der Waals surface area contributed by atoms with Crippen molar-refractivity contribution in [2.75, 3.05) is 13.2 Å². The highest BCUT2D eigenvalue weighted by atomic mass is 16.6. The first-order chi connectivity index (χ1) is 37.0. The van der Waals surface area contributed by atoms with E-state index in [1.165, 1.54) is 154 Å². The van der Waals surface area contributed by atoms with Crippen LogP contribution in [-0.2, 0) is 28.6 Å². The number of ether oxygens (including phenoxy) is 3. The maximum atomic E-state index is 12.9. The molecule has 430 valence electrons. The standard InChI is InChI=1S/C69H118O6/c1-4-7-10-13-16-19-22-24-26-28-30-31-32-33-34-35-36-37-38-39-40-42-43-45-47-50-53-56-59-62-68(71)74-65-66(64-73-67(70)61-58-55-52-49-21-18-15-12-9-6-3)75-69(72)63-60-57-54-51-48-46-44-41-29-27-25-23-20-17-14-11-8-5-2/h7,10,16,19,24,26-27,29-31,33-34,36-37,39-40,66H,4-6,8-9,11-15,17-18,20-23,25,28,32,35,38,41-65H2,1-3H3/b10-7-,19-16-,26-24-,29-27-,31-30-,34-33-,37-36-,40-39-. The van der Waals surface area contributed by atoms with Gasteiger partial charge >= 0.3 is 17.9 Å². The summed E-state index contributed by atoms with van der Waals surface area (Å²) in [6.07, 6.45) is 84.1. The molecule has 0 amide bonds. The summed E-state index contributed by atoms with van der Waals surface area (Å²) < 4.78 is 16.9. The predicted octanol–water partition coefficient (Wildman–Crippen LogP) is 21.7. The van der Waals surface area contributed by atoms with Crippen molar-refractivity contribution < 1.29 is 28.6 Å².